The van der Waals surface area contributed by atoms with Gasteiger partial charge in [-0.3, -0.25) is 19.1 Å². The number of aromatic nitrogens is 3. The number of nitrogen functional groups attached to an aromatic ring is 1. The fourth-order valence-electron chi connectivity index (χ4n) is 2.65. The summed E-state index contributed by atoms with van der Waals surface area (Å²) in [6, 6.07) is 0. The number of hydrogen-bond acceptors (Lipinski definition) is 8. The molecule has 0 bridgehead atoms. The molecule has 0 aromatic carbocycles. The minimum absolute atomic E-state index is 0.0594. The molecule has 10 heteroatoms. The molecule has 1 fully saturated rings. The number of thiazole rings is 1. The average molecular weight is 340 g/mol. The first kappa shape index (κ1) is 15.9. The van der Waals surface area contributed by atoms with E-state index in [-0.39, 0.29) is 22.7 Å². The highest BCUT2D eigenvalue weighted by Crippen LogP contribution is 2.32. The third-order valence-corrected chi connectivity index (χ3v) is 4.64. The molecule has 124 valence electrons. The molecule has 1 unspecified atom stereocenters. The Kier molecular flexibility index (Phi) is 4.06. The number of hydrogen-bond donors (Lipinski definition) is 4. The maximum Gasteiger partial charge on any atom is 0.311 e. The van der Waals surface area contributed by atoms with Crippen molar-refractivity contribution >= 4 is 27.6 Å². The fraction of sp³-hybridized carbons (Fsp3) is 0.462. The van der Waals surface area contributed by atoms with E-state index in [1.54, 1.807) is 6.08 Å². The first-order chi connectivity index (χ1) is 10.9. The lowest BCUT2D eigenvalue weighted by atomic mass is 10.1. The van der Waals surface area contributed by atoms with Crippen LogP contribution in [0, 0.1) is 0 Å². The summed E-state index contributed by atoms with van der Waals surface area (Å²) in [6.45, 7) is 3.54. The number of aliphatic hydroxyl groups is 2. The average Bonchev–Trinajstić information content (AvgIpc) is 2.99. The van der Waals surface area contributed by atoms with Crippen molar-refractivity contribution in [2.75, 3.05) is 5.73 Å². The normalized spacial score (nSPS) is 25.7. The highest BCUT2D eigenvalue weighted by Gasteiger charge is 2.40. The Morgan fingerprint density at radius 2 is 2.35 bits per heavy atom. The summed E-state index contributed by atoms with van der Waals surface area (Å²) >= 11 is 0.699. The van der Waals surface area contributed by atoms with Crippen LogP contribution in [0.4, 0.5) is 5.95 Å². The van der Waals surface area contributed by atoms with Crippen LogP contribution in [-0.4, -0.2) is 43.1 Å². The van der Waals surface area contributed by atoms with E-state index < -0.39 is 35.0 Å². The SMILES string of the molecule is C=CCC(O)[C@@H]1C[C@@H](O)[C@H](n2c(=O)sc3c(=O)[nH]c(N)nc32)O1. The highest BCUT2D eigenvalue weighted by molar-refractivity contribution is 7.16. The zero-order valence-electron chi connectivity index (χ0n) is 12.0. The minimum Gasteiger partial charge on any atom is -0.390 e. The van der Waals surface area contributed by atoms with Gasteiger partial charge in [-0.05, 0) is 6.42 Å². The number of rotatable bonds is 4. The molecule has 1 saturated heterocycles. The molecule has 4 atom stereocenters. The molecule has 2 aromatic rings. The maximum atomic E-state index is 12.2. The highest BCUT2D eigenvalue weighted by atomic mass is 32.1. The summed E-state index contributed by atoms with van der Waals surface area (Å²) in [5, 5.41) is 20.2. The topological polar surface area (TPSA) is 143 Å². The summed E-state index contributed by atoms with van der Waals surface area (Å²) in [5.74, 6) is -0.134. The van der Waals surface area contributed by atoms with Crippen molar-refractivity contribution < 1.29 is 14.9 Å². The van der Waals surface area contributed by atoms with Crippen LogP contribution in [0.5, 0.6) is 0 Å². The molecule has 3 rings (SSSR count). The van der Waals surface area contributed by atoms with E-state index in [1.165, 1.54) is 0 Å². The summed E-state index contributed by atoms with van der Waals surface area (Å²) in [4.78, 5) is 29.9. The van der Waals surface area contributed by atoms with Crippen LogP contribution in [0.3, 0.4) is 0 Å². The molecule has 1 aliphatic heterocycles. The van der Waals surface area contributed by atoms with E-state index >= 15 is 0 Å². The van der Waals surface area contributed by atoms with E-state index in [0.29, 0.717) is 17.8 Å². The van der Waals surface area contributed by atoms with E-state index in [0.717, 1.165) is 4.57 Å². The molecule has 0 aliphatic carbocycles. The summed E-state index contributed by atoms with van der Waals surface area (Å²) in [7, 11) is 0. The molecule has 9 nitrogen and oxygen atoms in total. The molecule has 3 heterocycles. The molecule has 1 aliphatic rings. The quantitative estimate of drug-likeness (QED) is 0.539. The summed E-state index contributed by atoms with van der Waals surface area (Å²) < 4.78 is 6.84. The molecule has 5 N–H and O–H groups in total. The molecule has 0 spiro atoms. The Labute approximate surface area is 133 Å². The van der Waals surface area contributed by atoms with Crippen molar-refractivity contribution in [3.63, 3.8) is 0 Å². The molecule has 23 heavy (non-hydrogen) atoms. The van der Waals surface area contributed by atoms with Gasteiger partial charge in [-0.25, -0.2) is 0 Å². The van der Waals surface area contributed by atoms with Crippen LogP contribution >= 0.6 is 11.3 Å². The molecular formula is C13H16N4O5S. The lowest BCUT2D eigenvalue weighted by Crippen LogP contribution is -2.28. The van der Waals surface area contributed by atoms with Gasteiger partial charge < -0.3 is 20.7 Å². The number of nitrogens with one attached hydrogen (secondary N) is 1. The smallest absolute Gasteiger partial charge is 0.311 e. The molecule has 0 radical (unpaired) electrons. The Hall–Kier alpha value is -2.01. The number of H-pyrrole nitrogens is 1. The maximum absolute atomic E-state index is 12.2. The van der Waals surface area contributed by atoms with Crippen molar-refractivity contribution in [3.8, 4) is 0 Å². The lowest BCUT2D eigenvalue weighted by molar-refractivity contribution is -0.0737. The predicted molar refractivity (Wildman–Crippen MR) is 84.3 cm³/mol. The Balaban J connectivity index is 2.04. The zero-order valence-corrected chi connectivity index (χ0v) is 12.8. The van der Waals surface area contributed by atoms with Gasteiger partial charge in [0.15, 0.2) is 11.9 Å². The molecular weight excluding hydrogens is 324 g/mol. The van der Waals surface area contributed by atoms with Gasteiger partial charge >= 0.3 is 4.87 Å². The monoisotopic (exact) mass is 340 g/mol. The van der Waals surface area contributed by atoms with Gasteiger partial charge in [-0.15, -0.1) is 6.58 Å². The first-order valence-corrected chi connectivity index (χ1v) is 7.77. The number of nitrogens with zero attached hydrogens (tertiary/aromatic N) is 2. The second-order valence-corrected chi connectivity index (χ2v) is 6.26. The van der Waals surface area contributed by atoms with E-state index in [2.05, 4.69) is 16.5 Å². The van der Waals surface area contributed by atoms with Gasteiger partial charge in [0.25, 0.3) is 5.56 Å². The van der Waals surface area contributed by atoms with Gasteiger partial charge in [-0.2, -0.15) is 4.98 Å². The van der Waals surface area contributed by atoms with Crippen LogP contribution in [-0.2, 0) is 4.74 Å². The number of fused-ring (bicyclic) bond motifs is 1. The number of aliphatic hydroxyl groups excluding tert-OH is 2. The lowest BCUT2D eigenvalue weighted by Gasteiger charge is -2.18. The van der Waals surface area contributed by atoms with Crippen LogP contribution in [0.1, 0.15) is 19.1 Å². The van der Waals surface area contributed by atoms with E-state index in [9.17, 15) is 19.8 Å². The Morgan fingerprint density at radius 3 is 3.04 bits per heavy atom. The molecule has 2 aromatic heterocycles. The van der Waals surface area contributed by atoms with Crippen molar-refractivity contribution in [2.24, 2.45) is 0 Å². The summed E-state index contributed by atoms with van der Waals surface area (Å²) in [5.41, 5.74) is 5.05. The fourth-order valence-corrected chi connectivity index (χ4v) is 3.50. The number of anilines is 1. The Bertz CT molecular complexity index is 856. The van der Waals surface area contributed by atoms with Crippen molar-refractivity contribution in [1.82, 2.24) is 14.5 Å². The standard InChI is InChI=1S/C13H16N4O5S/c1-2-3-5(18)7-4-6(19)11(22-7)17-9-8(23-13(17)21)10(20)16-12(14)15-9/h2,5-7,11,18-19H,1,3-4H2,(H3,14,15,16,20)/t5?,6-,7+,11-/m1/s1. The van der Waals surface area contributed by atoms with Crippen molar-refractivity contribution in [1.29, 1.82) is 0 Å². The third-order valence-electron chi connectivity index (χ3n) is 3.70. The van der Waals surface area contributed by atoms with Crippen LogP contribution in [0.15, 0.2) is 22.2 Å². The zero-order chi connectivity index (χ0) is 16.7. The third kappa shape index (κ3) is 2.70. The Morgan fingerprint density at radius 1 is 1.61 bits per heavy atom. The van der Waals surface area contributed by atoms with Gasteiger partial charge in [0.1, 0.15) is 10.8 Å². The van der Waals surface area contributed by atoms with Gasteiger partial charge in [0.05, 0.1) is 12.2 Å². The van der Waals surface area contributed by atoms with Crippen LogP contribution in [0.25, 0.3) is 10.3 Å². The summed E-state index contributed by atoms with van der Waals surface area (Å²) in [6.07, 6.45) is -1.53. The largest absolute Gasteiger partial charge is 0.390 e. The van der Waals surface area contributed by atoms with Gasteiger partial charge in [0, 0.05) is 6.42 Å². The number of ether oxygens (including phenoxy) is 1. The first-order valence-electron chi connectivity index (χ1n) is 6.95. The van der Waals surface area contributed by atoms with Crippen molar-refractivity contribution in [3.05, 3.63) is 32.7 Å². The second kappa shape index (κ2) is 5.89. The number of nitrogens with two attached hydrogens (primary N) is 1. The molecule has 0 saturated carbocycles. The van der Waals surface area contributed by atoms with E-state index in [1.807, 2.05) is 0 Å². The minimum atomic E-state index is -1.03. The van der Waals surface area contributed by atoms with Crippen LogP contribution < -0.4 is 16.2 Å². The van der Waals surface area contributed by atoms with Gasteiger partial charge in [-0.1, -0.05) is 17.4 Å². The van der Waals surface area contributed by atoms with Crippen LogP contribution in [0.2, 0.25) is 0 Å². The predicted octanol–water partition coefficient (Wildman–Crippen LogP) is -0.686. The van der Waals surface area contributed by atoms with Crippen molar-refractivity contribution in [2.45, 2.75) is 37.4 Å². The second-order valence-electron chi connectivity index (χ2n) is 5.30. The molecule has 0 amide bonds. The van der Waals surface area contributed by atoms with Gasteiger partial charge in [0.2, 0.25) is 5.95 Å². The number of aromatic amines is 1. The van der Waals surface area contributed by atoms with E-state index in [4.69, 9.17) is 10.5 Å².